The van der Waals surface area contributed by atoms with Crippen molar-refractivity contribution < 1.29 is 5.11 Å². The summed E-state index contributed by atoms with van der Waals surface area (Å²) < 4.78 is 0. The van der Waals surface area contributed by atoms with E-state index in [1.54, 1.807) is 0 Å². The number of aliphatic hydroxyl groups excluding tert-OH is 1. The fraction of sp³-hybridized carbons (Fsp3) is 0.500. The molecule has 0 heterocycles. The fourth-order valence-corrected chi connectivity index (χ4v) is 1.61. The van der Waals surface area contributed by atoms with Crippen molar-refractivity contribution in [2.24, 2.45) is 0 Å². The van der Waals surface area contributed by atoms with Crippen molar-refractivity contribution in [2.45, 2.75) is 20.4 Å². The van der Waals surface area contributed by atoms with E-state index in [0.717, 1.165) is 24.3 Å². The number of nitrogens with zero attached hydrogens (tertiary/aromatic N) is 1. The smallest absolute Gasteiger partial charge is 0.0558 e. The molecular weight excluding hydrogens is 188 g/mol. The Labute approximate surface area is 91.5 Å². The molecule has 1 rings (SSSR count). The van der Waals surface area contributed by atoms with Gasteiger partial charge in [-0.1, -0.05) is 19.1 Å². The first-order chi connectivity index (χ1) is 7.19. The Kier molecular flexibility index (Phi) is 4.59. The number of nitrogens with two attached hydrogens (primary N) is 1. The normalized spacial score (nSPS) is 10.9. The second kappa shape index (κ2) is 5.73. The third-order valence-corrected chi connectivity index (χ3v) is 2.75. The van der Waals surface area contributed by atoms with Crippen LogP contribution < -0.4 is 5.73 Å². The Morgan fingerprint density at radius 3 is 2.73 bits per heavy atom. The molecule has 0 aliphatic carbocycles. The van der Waals surface area contributed by atoms with Gasteiger partial charge in [0, 0.05) is 18.8 Å². The minimum Gasteiger partial charge on any atom is -0.399 e. The zero-order valence-electron chi connectivity index (χ0n) is 9.53. The predicted octanol–water partition coefficient (Wildman–Crippen LogP) is 1.39. The maximum atomic E-state index is 8.90. The van der Waals surface area contributed by atoms with Gasteiger partial charge in [0.1, 0.15) is 0 Å². The van der Waals surface area contributed by atoms with Crippen LogP contribution in [-0.4, -0.2) is 29.7 Å². The molecule has 0 amide bonds. The van der Waals surface area contributed by atoms with E-state index in [1.807, 2.05) is 19.1 Å². The van der Waals surface area contributed by atoms with Crippen LogP contribution in [0.2, 0.25) is 0 Å². The Morgan fingerprint density at radius 1 is 1.40 bits per heavy atom. The van der Waals surface area contributed by atoms with Gasteiger partial charge in [0.05, 0.1) is 6.61 Å². The molecule has 0 radical (unpaired) electrons. The highest BCUT2D eigenvalue weighted by Gasteiger charge is 2.06. The van der Waals surface area contributed by atoms with Crippen molar-refractivity contribution in [2.75, 3.05) is 25.4 Å². The summed E-state index contributed by atoms with van der Waals surface area (Å²) in [6.07, 6.45) is 0. The van der Waals surface area contributed by atoms with Gasteiger partial charge in [-0.15, -0.1) is 0 Å². The third-order valence-electron chi connectivity index (χ3n) is 2.75. The summed E-state index contributed by atoms with van der Waals surface area (Å²) in [5, 5.41) is 8.90. The van der Waals surface area contributed by atoms with Crippen molar-refractivity contribution in [3.05, 3.63) is 29.3 Å². The van der Waals surface area contributed by atoms with Gasteiger partial charge in [-0.3, -0.25) is 4.90 Å². The van der Waals surface area contributed by atoms with Crippen LogP contribution >= 0.6 is 0 Å². The summed E-state index contributed by atoms with van der Waals surface area (Å²) in [6, 6.07) is 5.98. The fourth-order valence-electron chi connectivity index (χ4n) is 1.61. The zero-order chi connectivity index (χ0) is 11.3. The Balaban J connectivity index is 2.74. The highest BCUT2D eigenvalue weighted by molar-refractivity contribution is 5.49. The summed E-state index contributed by atoms with van der Waals surface area (Å²) in [7, 11) is 0. The number of hydrogen-bond donors (Lipinski definition) is 2. The molecule has 0 fully saturated rings. The minimum absolute atomic E-state index is 0.204. The molecule has 15 heavy (non-hydrogen) atoms. The van der Waals surface area contributed by atoms with E-state index < -0.39 is 0 Å². The first kappa shape index (κ1) is 12.0. The van der Waals surface area contributed by atoms with Crippen molar-refractivity contribution >= 4 is 5.69 Å². The molecule has 0 aliphatic heterocycles. The highest BCUT2D eigenvalue weighted by Crippen LogP contribution is 2.17. The van der Waals surface area contributed by atoms with E-state index in [1.165, 1.54) is 5.56 Å². The lowest BCUT2D eigenvalue weighted by Crippen LogP contribution is -2.26. The number of aliphatic hydroxyl groups is 1. The van der Waals surface area contributed by atoms with Gasteiger partial charge in [0.2, 0.25) is 0 Å². The van der Waals surface area contributed by atoms with Gasteiger partial charge < -0.3 is 10.8 Å². The van der Waals surface area contributed by atoms with E-state index in [0.29, 0.717) is 6.54 Å². The largest absolute Gasteiger partial charge is 0.399 e. The number of likely N-dealkylation sites (N-methyl/N-ethyl adjacent to an activating group) is 1. The molecule has 3 heteroatoms. The molecule has 0 aliphatic rings. The van der Waals surface area contributed by atoms with E-state index in [4.69, 9.17) is 10.8 Å². The van der Waals surface area contributed by atoms with Gasteiger partial charge in [0.25, 0.3) is 0 Å². The molecule has 1 aromatic rings. The maximum Gasteiger partial charge on any atom is 0.0558 e. The monoisotopic (exact) mass is 208 g/mol. The standard InChI is InChI=1S/C12H20N2O/c1-3-14(7-8-15)9-11-5-4-6-12(13)10(11)2/h4-6,15H,3,7-9,13H2,1-2H3. The van der Waals surface area contributed by atoms with Crippen LogP contribution in [-0.2, 0) is 6.54 Å². The van der Waals surface area contributed by atoms with Gasteiger partial charge in [0.15, 0.2) is 0 Å². The summed E-state index contributed by atoms with van der Waals surface area (Å²) in [5.41, 5.74) is 9.07. The zero-order valence-corrected chi connectivity index (χ0v) is 9.53. The van der Waals surface area contributed by atoms with E-state index >= 15 is 0 Å². The number of benzene rings is 1. The summed E-state index contributed by atoms with van der Waals surface area (Å²) >= 11 is 0. The lowest BCUT2D eigenvalue weighted by atomic mass is 10.1. The third kappa shape index (κ3) is 3.22. The quantitative estimate of drug-likeness (QED) is 0.719. The second-order valence-corrected chi connectivity index (χ2v) is 3.72. The van der Waals surface area contributed by atoms with E-state index in [2.05, 4.69) is 17.9 Å². The van der Waals surface area contributed by atoms with Crippen LogP contribution in [0.3, 0.4) is 0 Å². The van der Waals surface area contributed by atoms with Crippen molar-refractivity contribution in [1.29, 1.82) is 0 Å². The lowest BCUT2D eigenvalue weighted by Gasteiger charge is -2.20. The second-order valence-electron chi connectivity index (χ2n) is 3.72. The molecule has 0 spiro atoms. The first-order valence-corrected chi connectivity index (χ1v) is 5.36. The van der Waals surface area contributed by atoms with Gasteiger partial charge in [-0.25, -0.2) is 0 Å². The minimum atomic E-state index is 0.204. The number of hydrogen-bond acceptors (Lipinski definition) is 3. The summed E-state index contributed by atoms with van der Waals surface area (Å²) in [4.78, 5) is 2.20. The Hall–Kier alpha value is -1.06. The first-order valence-electron chi connectivity index (χ1n) is 5.36. The van der Waals surface area contributed by atoms with Gasteiger partial charge in [-0.2, -0.15) is 0 Å². The van der Waals surface area contributed by atoms with E-state index in [9.17, 15) is 0 Å². The number of rotatable bonds is 5. The number of anilines is 1. The molecule has 0 bridgehead atoms. The van der Waals surface area contributed by atoms with Crippen LogP contribution in [0.1, 0.15) is 18.1 Å². The van der Waals surface area contributed by atoms with Crippen LogP contribution in [0, 0.1) is 6.92 Å². The average molecular weight is 208 g/mol. The summed E-state index contributed by atoms with van der Waals surface area (Å²) in [5.74, 6) is 0. The highest BCUT2D eigenvalue weighted by atomic mass is 16.3. The predicted molar refractivity (Wildman–Crippen MR) is 63.6 cm³/mol. The molecule has 0 saturated carbocycles. The number of nitrogen functional groups attached to an aromatic ring is 1. The molecule has 3 nitrogen and oxygen atoms in total. The topological polar surface area (TPSA) is 49.5 Å². The van der Waals surface area contributed by atoms with Crippen LogP contribution in [0.25, 0.3) is 0 Å². The SMILES string of the molecule is CCN(CCO)Cc1cccc(N)c1C. The van der Waals surface area contributed by atoms with Crippen molar-refractivity contribution in [1.82, 2.24) is 4.90 Å². The maximum absolute atomic E-state index is 8.90. The van der Waals surface area contributed by atoms with Crippen LogP contribution in [0.4, 0.5) is 5.69 Å². The molecule has 0 aromatic heterocycles. The Bertz CT molecular complexity index is 312. The average Bonchev–Trinajstić information content (AvgIpc) is 2.24. The molecule has 3 N–H and O–H groups in total. The van der Waals surface area contributed by atoms with Gasteiger partial charge in [-0.05, 0) is 30.7 Å². The Morgan fingerprint density at radius 2 is 2.13 bits per heavy atom. The molecule has 0 saturated heterocycles. The molecule has 0 unspecified atom stereocenters. The van der Waals surface area contributed by atoms with Crippen LogP contribution in [0.5, 0.6) is 0 Å². The van der Waals surface area contributed by atoms with Crippen LogP contribution in [0.15, 0.2) is 18.2 Å². The molecular formula is C12H20N2O. The molecule has 84 valence electrons. The van der Waals surface area contributed by atoms with Crippen molar-refractivity contribution in [3.63, 3.8) is 0 Å². The van der Waals surface area contributed by atoms with E-state index in [-0.39, 0.29) is 6.61 Å². The van der Waals surface area contributed by atoms with Gasteiger partial charge >= 0.3 is 0 Å². The molecule has 1 aromatic carbocycles. The van der Waals surface area contributed by atoms with Crippen molar-refractivity contribution in [3.8, 4) is 0 Å². The molecule has 0 atom stereocenters. The lowest BCUT2D eigenvalue weighted by molar-refractivity contribution is 0.196. The summed E-state index contributed by atoms with van der Waals surface area (Å²) in [6.45, 7) is 6.84.